The molecule has 3 aliphatic rings. The highest BCUT2D eigenvalue weighted by Crippen LogP contribution is 2.42. The fourth-order valence-electron chi connectivity index (χ4n) is 19.5. The van der Waals surface area contributed by atoms with E-state index < -0.39 is 39.7 Å². The molecular weight excluding hydrogens is 1570 g/mol. The minimum Gasteiger partial charge on any atom is -0.493 e. The Morgan fingerprint density at radius 3 is 1.07 bits per heavy atom. The average molecular weight is 1780 g/mol. The number of carbonyl (C=O) groups excluding carboxylic acids is 3. The first kappa shape index (κ1) is 122. The van der Waals surface area contributed by atoms with Gasteiger partial charge >= 0.3 is 0 Å². The van der Waals surface area contributed by atoms with Crippen molar-refractivity contribution in [2.75, 3.05) is 19.8 Å². The first-order chi connectivity index (χ1) is 59.1. The van der Waals surface area contributed by atoms with Crippen LogP contribution >= 0.6 is 0 Å². The summed E-state index contributed by atoms with van der Waals surface area (Å²) in [5.74, 6) is 5.21. The van der Waals surface area contributed by atoms with Crippen LogP contribution in [0, 0.1) is 71.0 Å². The number of ether oxygens (including phenoxy) is 3. The molecule has 0 radical (unpaired) electrons. The summed E-state index contributed by atoms with van der Waals surface area (Å²) in [6.07, 6.45) is 55.3. The number of ketones is 3. The van der Waals surface area contributed by atoms with Crippen molar-refractivity contribution in [1.29, 1.82) is 0 Å². The third-order valence-corrected chi connectivity index (χ3v) is 30.7. The number of Topliss-reactive ketones (excluding diaryl/α,β-unsaturated/α-hetero) is 3. The van der Waals surface area contributed by atoms with Gasteiger partial charge in [-0.2, -0.15) is 0 Å². The summed E-state index contributed by atoms with van der Waals surface area (Å²) in [6.45, 7) is 51.3. The number of aliphatic hydroxyl groups is 9. The van der Waals surface area contributed by atoms with Crippen molar-refractivity contribution in [1.82, 2.24) is 0 Å². The van der Waals surface area contributed by atoms with Gasteiger partial charge in [0.1, 0.15) is 23.1 Å². The number of carbonyl (C=O) groups is 3. The highest BCUT2D eigenvalue weighted by atomic mass is 16.5. The second kappa shape index (κ2) is 66.1. The van der Waals surface area contributed by atoms with Crippen LogP contribution in [0.15, 0.2) is 34.6 Å². The fourth-order valence-corrected chi connectivity index (χ4v) is 19.5. The van der Waals surface area contributed by atoms with Crippen LogP contribution in [0.2, 0.25) is 0 Å². The largest absolute Gasteiger partial charge is 0.493 e. The van der Waals surface area contributed by atoms with Gasteiger partial charge in [0.05, 0.1) is 70.7 Å². The molecule has 1 fully saturated rings. The Morgan fingerprint density at radius 2 is 0.698 bits per heavy atom. The highest BCUT2D eigenvalue weighted by Gasteiger charge is 2.41. The van der Waals surface area contributed by atoms with Crippen LogP contribution in [0.1, 0.15) is 500 Å². The van der Waals surface area contributed by atoms with Crippen LogP contribution in [0.3, 0.4) is 0 Å². The lowest BCUT2D eigenvalue weighted by atomic mass is 9.70. The number of rotatable bonds is 72. The van der Waals surface area contributed by atoms with E-state index in [1.807, 2.05) is 68.4 Å². The van der Waals surface area contributed by atoms with Gasteiger partial charge in [-0.25, -0.2) is 0 Å². The molecule has 15 nitrogen and oxygen atoms in total. The summed E-state index contributed by atoms with van der Waals surface area (Å²) in [5, 5.41) is 97.1. The van der Waals surface area contributed by atoms with Crippen LogP contribution in [0.25, 0.3) is 0 Å². The zero-order valence-electron chi connectivity index (χ0n) is 86.8. The van der Waals surface area contributed by atoms with Crippen LogP contribution in [-0.2, 0) is 28.6 Å². The first-order valence-corrected chi connectivity index (χ1v) is 52.9. The summed E-state index contributed by atoms with van der Waals surface area (Å²) >= 11 is 0. The molecule has 0 aliphatic heterocycles. The Bertz CT molecular complexity index is 2890. The maximum absolute atomic E-state index is 11.4. The van der Waals surface area contributed by atoms with E-state index in [1.165, 1.54) is 107 Å². The van der Waals surface area contributed by atoms with Crippen molar-refractivity contribution in [3.05, 3.63) is 34.6 Å². The Balaban J connectivity index is 0.000000945. The number of unbranched alkanes of at least 4 members (excludes halogenated alkanes) is 15. The number of hydrogen-bond acceptors (Lipinski definition) is 15. The highest BCUT2D eigenvalue weighted by molar-refractivity contribution is 5.78. The Hall–Kier alpha value is -2.41. The van der Waals surface area contributed by atoms with E-state index in [4.69, 9.17) is 14.2 Å². The molecule has 23 unspecified atom stereocenters. The van der Waals surface area contributed by atoms with E-state index >= 15 is 0 Å². The predicted octanol–water partition coefficient (Wildman–Crippen LogP) is 27.2. The van der Waals surface area contributed by atoms with Crippen molar-refractivity contribution in [2.45, 2.75) is 564 Å². The quantitative estimate of drug-likeness (QED) is 0.0203. The minimum absolute atomic E-state index is 0.0597. The number of aliphatic hydroxyl groups excluding tert-OH is 3. The second-order valence-electron chi connectivity index (χ2n) is 44.4. The normalized spacial score (nSPS) is 24.8. The monoisotopic (exact) mass is 1780 g/mol. The zero-order valence-corrected chi connectivity index (χ0v) is 86.8. The maximum atomic E-state index is 11.4. The topological polar surface area (TPSA) is 261 Å². The van der Waals surface area contributed by atoms with E-state index in [0.29, 0.717) is 93.3 Å². The average Bonchev–Trinajstić information content (AvgIpc) is 0.822. The van der Waals surface area contributed by atoms with Gasteiger partial charge in [-0.05, 0) is 332 Å². The van der Waals surface area contributed by atoms with Gasteiger partial charge in [0.2, 0.25) is 0 Å². The lowest BCUT2D eigenvalue weighted by molar-refractivity contribution is -0.121. The molecule has 0 amide bonds. The van der Waals surface area contributed by atoms with Crippen LogP contribution in [-0.4, -0.2) is 147 Å². The molecule has 0 bridgehead atoms. The lowest BCUT2D eigenvalue weighted by Gasteiger charge is -2.43. The summed E-state index contributed by atoms with van der Waals surface area (Å²) in [6, 6.07) is 0. The SMILES string of the molecule is CCCCCCCCOC1=C(C)C(C)C(O)C=C1CCC(C)CCCC(C)(O)CCCC(C)(O)CCCC(C)C(C)=O.CCCCCCCCOC1C(CCC(C)CCCC(C)(O)CCCC(C)(O)CCCC(C)C(C)=O)=CC(O)C(C)C1C.CCCCCCCCOC1C(CCC(C)CCCC(C)(O)CCCC(C)(O)CCCC(C)C(C)=O)CC(O)C(C)C1C. The Morgan fingerprint density at radius 1 is 0.373 bits per heavy atom. The molecular formula is C111H210O15. The van der Waals surface area contributed by atoms with Gasteiger partial charge in [-0.1, -0.05) is 244 Å². The zero-order chi connectivity index (χ0) is 95.3. The van der Waals surface area contributed by atoms with Gasteiger partial charge in [-0.3, -0.25) is 14.4 Å². The van der Waals surface area contributed by atoms with Gasteiger partial charge in [-0.15, -0.1) is 0 Å². The molecule has 0 saturated heterocycles. The van der Waals surface area contributed by atoms with Crippen molar-refractivity contribution < 1.29 is 74.6 Å². The second-order valence-corrected chi connectivity index (χ2v) is 44.4. The third-order valence-electron chi connectivity index (χ3n) is 30.7. The first-order valence-electron chi connectivity index (χ1n) is 52.9. The molecule has 3 rings (SSSR count). The molecule has 9 N–H and O–H groups in total. The molecule has 126 heavy (non-hydrogen) atoms. The van der Waals surface area contributed by atoms with Crippen molar-refractivity contribution in [2.24, 2.45) is 71.0 Å². The lowest BCUT2D eigenvalue weighted by Crippen LogP contribution is -2.45. The molecule has 0 aromatic heterocycles. The molecule has 1 saturated carbocycles. The molecule has 0 heterocycles. The van der Waals surface area contributed by atoms with Gasteiger partial charge in [0.15, 0.2) is 0 Å². The molecule has 744 valence electrons. The summed E-state index contributed by atoms with van der Waals surface area (Å²) in [4.78, 5) is 34.3. The van der Waals surface area contributed by atoms with Crippen LogP contribution in [0.5, 0.6) is 0 Å². The standard InChI is InChI=1S/C37H72O5.C37H70O5.C37H68O5/c3*1-9-10-11-12-13-14-26-42-35-31(5)30(4)34(39)27-33(35)21-20-28(2)18-15-22-36(7,40)24-17-25-37(8,41)23-16-19-29(3)32(6)38/h28-31,33-35,39-41H,9-27H2,1-8H3;27-31,34-35,39-41H,9-26H2,1-8H3;27-30,34,39-41H,9-26H2,1-8H3. The molecule has 3 aliphatic carbocycles. The fraction of sp³-hybridized carbons (Fsp3) is 0.919. The summed E-state index contributed by atoms with van der Waals surface area (Å²) < 4.78 is 19.3. The van der Waals surface area contributed by atoms with Gasteiger partial charge in [0.25, 0.3) is 0 Å². The van der Waals surface area contributed by atoms with E-state index in [0.717, 1.165) is 211 Å². The van der Waals surface area contributed by atoms with Gasteiger partial charge < -0.3 is 60.2 Å². The van der Waals surface area contributed by atoms with E-state index in [1.54, 1.807) is 20.8 Å². The van der Waals surface area contributed by atoms with Gasteiger partial charge in [0, 0.05) is 36.9 Å². The summed E-state index contributed by atoms with van der Waals surface area (Å²) in [7, 11) is 0. The number of allylic oxidation sites excluding steroid dienone is 1. The summed E-state index contributed by atoms with van der Waals surface area (Å²) in [5.41, 5.74) is -0.755. The van der Waals surface area contributed by atoms with E-state index in [9.17, 15) is 60.3 Å². The molecule has 0 aromatic carbocycles. The third kappa shape index (κ3) is 56.1. The Labute approximate surface area is 777 Å². The van der Waals surface area contributed by atoms with Crippen molar-refractivity contribution in [3.8, 4) is 0 Å². The Kier molecular flexibility index (Phi) is 63.8. The molecule has 0 aromatic rings. The van der Waals surface area contributed by atoms with Crippen LogP contribution < -0.4 is 0 Å². The maximum Gasteiger partial charge on any atom is 0.132 e. The molecule has 23 atom stereocenters. The van der Waals surface area contributed by atoms with Crippen molar-refractivity contribution >= 4 is 17.3 Å². The van der Waals surface area contributed by atoms with Crippen LogP contribution in [0.4, 0.5) is 0 Å². The molecule has 0 spiro atoms. The minimum atomic E-state index is -0.746. The smallest absolute Gasteiger partial charge is 0.132 e. The predicted molar refractivity (Wildman–Crippen MR) is 530 cm³/mol. The molecule has 15 heteroatoms. The van der Waals surface area contributed by atoms with E-state index in [2.05, 4.69) is 89.2 Å². The number of hydrogen-bond donors (Lipinski definition) is 9. The van der Waals surface area contributed by atoms with E-state index in [-0.39, 0.29) is 77.3 Å². The van der Waals surface area contributed by atoms with Crippen molar-refractivity contribution in [3.63, 3.8) is 0 Å².